The summed E-state index contributed by atoms with van der Waals surface area (Å²) in [5, 5.41) is 4.04. The van der Waals surface area contributed by atoms with Gasteiger partial charge in [-0.1, -0.05) is 31.1 Å². The minimum atomic E-state index is 0.265. The molecule has 0 spiro atoms. The summed E-state index contributed by atoms with van der Waals surface area (Å²) in [6.07, 6.45) is 15.4. The van der Waals surface area contributed by atoms with Crippen molar-refractivity contribution in [3.8, 4) is 0 Å². The minimum absolute atomic E-state index is 0.265. The molecule has 7 unspecified atom stereocenters. The van der Waals surface area contributed by atoms with Crippen molar-refractivity contribution in [1.82, 2.24) is 0 Å². The molecule has 4 aliphatic carbocycles. The van der Waals surface area contributed by atoms with E-state index in [-0.39, 0.29) is 6.04 Å². The molecule has 7 atom stereocenters. The first kappa shape index (κ1) is 14.6. The van der Waals surface area contributed by atoms with Crippen LogP contribution in [0.5, 0.6) is 0 Å². The van der Waals surface area contributed by atoms with Gasteiger partial charge in [0.2, 0.25) is 0 Å². The van der Waals surface area contributed by atoms with Crippen LogP contribution in [-0.2, 0) is 0 Å². The van der Waals surface area contributed by atoms with E-state index in [1.807, 2.05) is 0 Å². The lowest BCUT2D eigenvalue weighted by Gasteiger charge is -2.60. The van der Waals surface area contributed by atoms with Crippen LogP contribution in [0, 0.1) is 34.5 Å². The second-order valence-corrected chi connectivity index (χ2v) is 8.97. The monoisotopic (exact) mass is 299 g/mol. The van der Waals surface area contributed by atoms with Gasteiger partial charge in [0, 0.05) is 11.0 Å². The Kier molecular flexibility index (Phi) is 3.34. The van der Waals surface area contributed by atoms with E-state index in [9.17, 15) is 0 Å². The molecule has 0 aromatic rings. The molecule has 120 valence electrons. The largest absolute Gasteiger partial charge is 0.0906 e. The topological polar surface area (TPSA) is 48.8 Å². The van der Waals surface area contributed by atoms with Gasteiger partial charge in [0.1, 0.15) is 0 Å². The maximum atomic E-state index is 8.75. The molecule has 4 rings (SSSR count). The number of hydrogen-bond acceptors (Lipinski definition) is 1. The van der Waals surface area contributed by atoms with Crippen LogP contribution in [0.1, 0.15) is 65.2 Å². The lowest BCUT2D eigenvalue weighted by atomic mass is 9.45. The summed E-state index contributed by atoms with van der Waals surface area (Å²) < 4.78 is 0. The summed E-state index contributed by atoms with van der Waals surface area (Å²) in [4.78, 5) is 3.07. The van der Waals surface area contributed by atoms with Gasteiger partial charge in [-0.05, 0) is 91.4 Å². The van der Waals surface area contributed by atoms with Crippen LogP contribution in [0.4, 0.5) is 0 Å². The summed E-state index contributed by atoms with van der Waals surface area (Å²) in [5.41, 5.74) is 9.75. The summed E-state index contributed by atoms with van der Waals surface area (Å²) >= 11 is 0. The molecule has 0 heterocycles. The molecule has 0 radical (unpaired) electrons. The lowest BCUT2D eigenvalue weighted by Crippen LogP contribution is -2.53. The molecule has 4 aliphatic rings. The number of rotatable bonds is 1. The van der Waals surface area contributed by atoms with Crippen LogP contribution in [0.2, 0.25) is 0 Å². The van der Waals surface area contributed by atoms with Crippen molar-refractivity contribution < 1.29 is 0 Å². The molecular formula is C19H29N3. The third-order valence-electron chi connectivity index (χ3n) is 8.18. The number of hydrogen-bond donors (Lipinski definition) is 0. The normalized spacial score (nSPS) is 53.1. The van der Waals surface area contributed by atoms with Crippen LogP contribution in [0.15, 0.2) is 17.3 Å². The standard InChI is InChI=1S/C19H29N3/c1-18-9-3-4-16(18)15-6-5-13-12-14(21-22-20)7-11-19(13,2)17(15)8-10-18/h3,9,13-17H,4-8,10-12H2,1-2H3. The second-order valence-electron chi connectivity index (χ2n) is 8.97. The highest BCUT2D eigenvalue weighted by Gasteiger charge is 2.56. The zero-order valence-electron chi connectivity index (χ0n) is 14.0. The minimum Gasteiger partial charge on any atom is -0.0906 e. The average Bonchev–Trinajstić information content (AvgIpc) is 2.89. The first-order chi connectivity index (χ1) is 10.6. The molecule has 0 aromatic heterocycles. The average molecular weight is 299 g/mol. The zero-order chi connectivity index (χ0) is 15.4. The van der Waals surface area contributed by atoms with Gasteiger partial charge in [-0.25, -0.2) is 0 Å². The number of nitrogens with zero attached hydrogens (tertiary/aromatic N) is 3. The van der Waals surface area contributed by atoms with Crippen molar-refractivity contribution in [3.63, 3.8) is 0 Å². The summed E-state index contributed by atoms with van der Waals surface area (Å²) in [6, 6.07) is 0.265. The van der Waals surface area contributed by atoms with E-state index in [4.69, 9.17) is 5.53 Å². The fraction of sp³-hybridized carbons (Fsp3) is 0.895. The highest BCUT2D eigenvalue weighted by molar-refractivity contribution is 5.16. The maximum absolute atomic E-state index is 8.75. The number of azide groups is 1. The lowest BCUT2D eigenvalue weighted by molar-refractivity contribution is -0.0995. The van der Waals surface area contributed by atoms with Crippen LogP contribution in [0.25, 0.3) is 10.4 Å². The molecule has 0 aliphatic heterocycles. The van der Waals surface area contributed by atoms with Crippen molar-refractivity contribution >= 4 is 0 Å². The molecule has 0 amide bonds. The predicted octanol–water partition coefficient (Wildman–Crippen LogP) is 5.87. The maximum Gasteiger partial charge on any atom is 0.0377 e. The van der Waals surface area contributed by atoms with Gasteiger partial charge in [-0.15, -0.1) is 0 Å². The van der Waals surface area contributed by atoms with E-state index >= 15 is 0 Å². The zero-order valence-corrected chi connectivity index (χ0v) is 14.0. The van der Waals surface area contributed by atoms with E-state index in [1.54, 1.807) is 0 Å². The van der Waals surface area contributed by atoms with Crippen molar-refractivity contribution in [1.29, 1.82) is 0 Å². The van der Waals surface area contributed by atoms with E-state index in [0.29, 0.717) is 10.8 Å². The molecule has 0 bridgehead atoms. The van der Waals surface area contributed by atoms with Crippen molar-refractivity contribution in [2.45, 2.75) is 71.3 Å². The smallest absolute Gasteiger partial charge is 0.0377 e. The fourth-order valence-corrected chi connectivity index (χ4v) is 6.90. The van der Waals surface area contributed by atoms with Gasteiger partial charge in [-0.2, -0.15) is 0 Å². The van der Waals surface area contributed by atoms with Gasteiger partial charge in [-0.3, -0.25) is 0 Å². The Morgan fingerprint density at radius 2 is 1.95 bits per heavy atom. The molecule has 3 heteroatoms. The van der Waals surface area contributed by atoms with Gasteiger partial charge in [0.05, 0.1) is 0 Å². The Hall–Kier alpha value is -0.950. The van der Waals surface area contributed by atoms with Crippen LogP contribution >= 0.6 is 0 Å². The Balaban J connectivity index is 1.58. The molecular weight excluding hydrogens is 270 g/mol. The molecule has 3 saturated carbocycles. The van der Waals surface area contributed by atoms with Gasteiger partial charge < -0.3 is 0 Å². The molecule has 22 heavy (non-hydrogen) atoms. The molecule has 0 N–H and O–H groups in total. The molecule has 3 fully saturated rings. The van der Waals surface area contributed by atoms with Crippen LogP contribution in [0.3, 0.4) is 0 Å². The summed E-state index contributed by atoms with van der Waals surface area (Å²) in [7, 11) is 0. The molecule has 3 nitrogen and oxygen atoms in total. The summed E-state index contributed by atoms with van der Waals surface area (Å²) in [5.74, 6) is 3.54. The van der Waals surface area contributed by atoms with Gasteiger partial charge >= 0.3 is 0 Å². The van der Waals surface area contributed by atoms with E-state index in [0.717, 1.165) is 36.5 Å². The Morgan fingerprint density at radius 3 is 2.77 bits per heavy atom. The second kappa shape index (κ2) is 5.03. The quantitative estimate of drug-likeness (QED) is 0.251. The Morgan fingerprint density at radius 1 is 1.09 bits per heavy atom. The van der Waals surface area contributed by atoms with E-state index in [2.05, 4.69) is 36.0 Å². The Bertz CT molecular complexity index is 535. The highest BCUT2D eigenvalue weighted by atomic mass is 15.1. The number of fused-ring (bicyclic) bond motifs is 5. The SMILES string of the molecule is CC12C=CCC1C1CCC3CC(N=[N+]=[N-])CCC3(C)C1CC2. The van der Waals surface area contributed by atoms with Crippen molar-refractivity contribution in [2.75, 3.05) is 0 Å². The van der Waals surface area contributed by atoms with Crippen LogP contribution < -0.4 is 0 Å². The third kappa shape index (κ3) is 1.98. The van der Waals surface area contributed by atoms with Gasteiger partial charge in [0.25, 0.3) is 0 Å². The highest BCUT2D eigenvalue weighted by Crippen LogP contribution is 2.65. The first-order valence-corrected chi connectivity index (χ1v) is 9.29. The van der Waals surface area contributed by atoms with Gasteiger partial charge in [0.15, 0.2) is 0 Å². The molecule has 0 aromatic carbocycles. The molecule has 0 saturated heterocycles. The Labute approximate surface area is 134 Å². The van der Waals surface area contributed by atoms with E-state index in [1.165, 1.54) is 38.5 Å². The first-order valence-electron chi connectivity index (χ1n) is 9.29. The van der Waals surface area contributed by atoms with Crippen molar-refractivity contribution in [3.05, 3.63) is 22.6 Å². The fourth-order valence-electron chi connectivity index (χ4n) is 6.90. The van der Waals surface area contributed by atoms with Crippen molar-refractivity contribution in [2.24, 2.45) is 39.6 Å². The summed E-state index contributed by atoms with van der Waals surface area (Å²) in [6.45, 7) is 5.08. The third-order valence-corrected chi connectivity index (χ3v) is 8.18. The number of allylic oxidation sites excluding steroid dienone is 2. The van der Waals surface area contributed by atoms with Crippen LogP contribution in [-0.4, -0.2) is 6.04 Å². The predicted molar refractivity (Wildman–Crippen MR) is 89.2 cm³/mol. The van der Waals surface area contributed by atoms with E-state index < -0.39 is 0 Å².